The third-order valence-electron chi connectivity index (χ3n) is 6.20. The van der Waals surface area contributed by atoms with Crippen LogP contribution in [0.15, 0.2) is 24.3 Å². The van der Waals surface area contributed by atoms with Gasteiger partial charge in [0.15, 0.2) is 0 Å². The molecule has 0 atom stereocenters. The second-order valence-corrected chi connectivity index (χ2v) is 9.75. The SMILES string of the molecule is Cc1sc2c(c1CCCCN1CCN(c3ccc(Cl)cc3)CC1)CCCC2. The van der Waals surface area contributed by atoms with E-state index in [1.165, 1.54) is 70.3 Å². The van der Waals surface area contributed by atoms with Crippen LogP contribution in [0.1, 0.15) is 46.6 Å². The highest BCUT2D eigenvalue weighted by atomic mass is 35.5. The summed E-state index contributed by atoms with van der Waals surface area (Å²) in [6.07, 6.45) is 9.41. The first-order valence-corrected chi connectivity index (χ1v) is 11.7. The van der Waals surface area contributed by atoms with Crippen molar-refractivity contribution in [1.29, 1.82) is 0 Å². The lowest BCUT2D eigenvalue weighted by Crippen LogP contribution is -2.46. The number of fused-ring (bicyclic) bond motifs is 1. The Morgan fingerprint density at radius 1 is 0.963 bits per heavy atom. The van der Waals surface area contributed by atoms with Crippen LogP contribution in [0.25, 0.3) is 0 Å². The lowest BCUT2D eigenvalue weighted by atomic mass is 9.92. The highest BCUT2D eigenvalue weighted by Gasteiger charge is 2.19. The van der Waals surface area contributed by atoms with Gasteiger partial charge in [-0.1, -0.05) is 11.6 Å². The highest BCUT2D eigenvalue weighted by Crippen LogP contribution is 2.34. The van der Waals surface area contributed by atoms with Gasteiger partial charge in [0.05, 0.1) is 0 Å². The molecule has 0 unspecified atom stereocenters. The molecule has 0 bridgehead atoms. The molecule has 2 heterocycles. The average molecular weight is 403 g/mol. The third kappa shape index (κ3) is 4.70. The summed E-state index contributed by atoms with van der Waals surface area (Å²) < 4.78 is 0. The Morgan fingerprint density at radius 3 is 2.48 bits per heavy atom. The van der Waals surface area contributed by atoms with Crippen LogP contribution in [-0.4, -0.2) is 37.6 Å². The molecule has 2 aromatic rings. The van der Waals surface area contributed by atoms with E-state index in [0.717, 1.165) is 18.1 Å². The average Bonchev–Trinajstić information content (AvgIpc) is 3.02. The van der Waals surface area contributed by atoms with Crippen LogP contribution < -0.4 is 4.90 Å². The largest absolute Gasteiger partial charge is 0.369 e. The Balaban J connectivity index is 1.20. The van der Waals surface area contributed by atoms with Crippen molar-refractivity contribution in [3.8, 4) is 0 Å². The fourth-order valence-electron chi connectivity index (χ4n) is 4.61. The van der Waals surface area contributed by atoms with E-state index in [2.05, 4.69) is 40.2 Å². The summed E-state index contributed by atoms with van der Waals surface area (Å²) in [5, 5.41) is 0.819. The zero-order valence-electron chi connectivity index (χ0n) is 16.5. The lowest BCUT2D eigenvalue weighted by molar-refractivity contribution is 0.253. The zero-order valence-corrected chi connectivity index (χ0v) is 18.0. The van der Waals surface area contributed by atoms with Gasteiger partial charge in [0.25, 0.3) is 0 Å². The van der Waals surface area contributed by atoms with E-state index < -0.39 is 0 Å². The fourth-order valence-corrected chi connectivity index (χ4v) is 6.05. The van der Waals surface area contributed by atoms with Crippen molar-refractivity contribution < 1.29 is 0 Å². The van der Waals surface area contributed by atoms with E-state index in [1.807, 2.05) is 12.1 Å². The molecule has 0 amide bonds. The minimum absolute atomic E-state index is 0.819. The summed E-state index contributed by atoms with van der Waals surface area (Å²) in [5.41, 5.74) is 4.75. The molecule has 1 aromatic carbocycles. The summed E-state index contributed by atoms with van der Waals surface area (Å²) in [5.74, 6) is 0. The summed E-state index contributed by atoms with van der Waals surface area (Å²) in [6, 6.07) is 8.27. The fraction of sp³-hybridized carbons (Fsp3) is 0.565. The van der Waals surface area contributed by atoms with Gasteiger partial charge in [-0.25, -0.2) is 0 Å². The van der Waals surface area contributed by atoms with Crippen LogP contribution in [0.3, 0.4) is 0 Å². The second kappa shape index (κ2) is 8.98. The first-order chi connectivity index (χ1) is 13.2. The predicted molar refractivity (Wildman–Crippen MR) is 119 cm³/mol. The predicted octanol–water partition coefficient (Wildman–Crippen LogP) is 5.73. The molecule has 27 heavy (non-hydrogen) atoms. The number of benzene rings is 1. The number of thiophene rings is 1. The van der Waals surface area contributed by atoms with Crippen LogP contribution in [-0.2, 0) is 19.3 Å². The normalized spacial score (nSPS) is 17.9. The Hall–Kier alpha value is -1.03. The minimum Gasteiger partial charge on any atom is -0.369 e. The summed E-state index contributed by atoms with van der Waals surface area (Å²) in [6.45, 7) is 8.19. The van der Waals surface area contributed by atoms with Gasteiger partial charge in [-0.05, 0) is 93.8 Å². The Bertz CT molecular complexity index is 744. The topological polar surface area (TPSA) is 6.48 Å². The van der Waals surface area contributed by atoms with Crippen molar-refractivity contribution in [3.05, 3.63) is 50.2 Å². The van der Waals surface area contributed by atoms with Gasteiger partial charge < -0.3 is 4.90 Å². The molecular weight excluding hydrogens is 372 g/mol. The van der Waals surface area contributed by atoms with Gasteiger partial charge in [-0.2, -0.15) is 0 Å². The molecule has 0 radical (unpaired) electrons. The number of piperazine rings is 1. The minimum atomic E-state index is 0.819. The maximum Gasteiger partial charge on any atom is 0.0407 e. The molecule has 4 heteroatoms. The molecule has 0 spiro atoms. The number of nitrogens with zero attached hydrogens (tertiary/aromatic N) is 2. The number of anilines is 1. The molecule has 146 valence electrons. The maximum absolute atomic E-state index is 6.00. The third-order valence-corrected chi connectivity index (χ3v) is 7.70. The Labute approximate surface area is 173 Å². The van der Waals surface area contributed by atoms with E-state index in [1.54, 1.807) is 20.9 Å². The summed E-state index contributed by atoms with van der Waals surface area (Å²) in [4.78, 5) is 8.42. The first-order valence-electron chi connectivity index (χ1n) is 10.5. The molecule has 4 rings (SSSR count). The van der Waals surface area contributed by atoms with Gasteiger partial charge in [-0.3, -0.25) is 4.90 Å². The van der Waals surface area contributed by atoms with Crippen molar-refractivity contribution in [2.24, 2.45) is 0 Å². The van der Waals surface area contributed by atoms with Crippen molar-refractivity contribution >= 4 is 28.6 Å². The van der Waals surface area contributed by atoms with Crippen LogP contribution in [0.5, 0.6) is 0 Å². The summed E-state index contributed by atoms with van der Waals surface area (Å²) >= 11 is 8.08. The van der Waals surface area contributed by atoms with Crippen LogP contribution >= 0.6 is 22.9 Å². The number of unbranched alkanes of at least 4 members (excludes halogenated alkanes) is 1. The van der Waals surface area contributed by atoms with E-state index in [-0.39, 0.29) is 0 Å². The van der Waals surface area contributed by atoms with Crippen molar-refractivity contribution in [2.45, 2.75) is 51.9 Å². The van der Waals surface area contributed by atoms with Gasteiger partial charge in [0, 0.05) is 46.6 Å². The van der Waals surface area contributed by atoms with Crippen LogP contribution in [0, 0.1) is 6.92 Å². The second-order valence-electron chi connectivity index (χ2n) is 8.01. The standard InChI is InChI=1S/C23H31ClN2S/c1-18-21(22-7-2-3-8-23(22)27-18)6-4-5-13-25-14-16-26(17-15-25)20-11-9-19(24)10-12-20/h9-12H,2-8,13-17H2,1H3. The number of rotatable bonds is 6. The van der Waals surface area contributed by atoms with E-state index in [0.29, 0.717) is 0 Å². The van der Waals surface area contributed by atoms with Crippen molar-refractivity contribution in [1.82, 2.24) is 4.90 Å². The van der Waals surface area contributed by atoms with Gasteiger partial charge in [-0.15, -0.1) is 11.3 Å². The van der Waals surface area contributed by atoms with E-state index >= 15 is 0 Å². The van der Waals surface area contributed by atoms with E-state index in [9.17, 15) is 0 Å². The van der Waals surface area contributed by atoms with Gasteiger partial charge in [0.1, 0.15) is 0 Å². The van der Waals surface area contributed by atoms with Crippen molar-refractivity contribution in [2.75, 3.05) is 37.6 Å². The zero-order chi connectivity index (χ0) is 18.6. The molecule has 0 N–H and O–H groups in total. The van der Waals surface area contributed by atoms with Gasteiger partial charge >= 0.3 is 0 Å². The smallest absolute Gasteiger partial charge is 0.0407 e. The van der Waals surface area contributed by atoms with E-state index in [4.69, 9.17) is 11.6 Å². The molecule has 0 saturated carbocycles. The lowest BCUT2D eigenvalue weighted by Gasteiger charge is -2.36. The quantitative estimate of drug-likeness (QED) is 0.569. The monoisotopic (exact) mass is 402 g/mol. The summed E-state index contributed by atoms with van der Waals surface area (Å²) in [7, 11) is 0. The Morgan fingerprint density at radius 2 is 1.70 bits per heavy atom. The number of halogens is 1. The molecule has 1 aromatic heterocycles. The molecule has 1 aliphatic heterocycles. The van der Waals surface area contributed by atoms with Crippen LogP contribution in [0.2, 0.25) is 5.02 Å². The number of hydrogen-bond acceptors (Lipinski definition) is 3. The molecule has 2 aliphatic rings. The molecule has 2 nitrogen and oxygen atoms in total. The molecular formula is C23H31ClN2S. The van der Waals surface area contributed by atoms with Crippen molar-refractivity contribution in [3.63, 3.8) is 0 Å². The van der Waals surface area contributed by atoms with Gasteiger partial charge in [0.2, 0.25) is 0 Å². The molecule has 1 saturated heterocycles. The molecule has 1 fully saturated rings. The first kappa shape index (κ1) is 19.3. The maximum atomic E-state index is 6.00. The highest BCUT2D eigenvalue weighted by molar-refractivity contribution is 7.12. The molecule has 1 aliphatic carbocycles. The van der Waals surface area contributed by atoms with Crippen LogP contribution in [0.4, 0.5) is 5.69 Å². The Kier molecular flexibility index (Phi) is 6.42. The number of hydrogen-bond donors (Lipinski definition) is 0. The number of aryl methyl sites for hydroxylation is 2.